The van der Waals surface area contributed by atoms with Crippen molar-refractivity contribution in [3.05, 3.63) is 108 Å². The summed E-state index contributed by atoms with van der Waals surface area (Å²) in [6, 6.07) is 27.7. The molecule has 1 fully saturated rings. The highest BCUT2D eigenvalue weighted by Crippen LogP contribution is 2.38. The van der Waals surface area contributed by atoms with Gasteiger partial charge in [-0.25, -0.2) is 20.0 Å². The molecule has 1 saturated heterocycles. The maximum Gasteiger partial charge on any atom is 0.324 e. The third-order valence-electron chi connectivity index (χ3n) is 9.71. The summed E-state index contributed by atoms with van der Waals surface area (Å²) in [6.45, 7) is 13.1. The molecule has 6 aromatic rings. The fraction of sp³-hybridized carbons (Fsp3) is 0.279. The van der Waals surface area contributed by atoms with Gasteiger partial charge in [-0.1, -0.05) is 52.0 Å². The molecule has 14 heteroatoms. The minimum Gasteiger partial charge on any atom is -0.492 e. The Balaban J connectivity index is 1.08. The van der Waals surface area contributed by atoms with Crippen molar-refractivity contribution in [1.82, 2.24) is 19.7 Å². The first-order valence-electron chi connectivity index (χ1n) is 19.0. The van der Waals surface area contributed by atoms with Crippen molar-refractivity contribution in [3.63, 3.8) is 0 Å². The number of urea groups is 1. The van der Waals surface area contributed by atoms with Crippen LogP contribution in [0.2, 0.25) is 0 Å². The van der Waals surface area contributed by atoms with Crippen LogP contribution in [0, 0.1) is 5.53 Å². The summed E-state index contributed by atoms with van der Waals surface area (Å²) in [7, 11) is 0. The molecule has 6 N–H and O–H groups in total. The summed E-state index contributed by atoms with van der Waals surface area (Å²) >= 11 is 0. The number of carbonyl (C=O) groups is 1. The van der Waals surface area contributed by atoms with E-state index in [-0.39, 0.29) is 5.41 Å². The Labute approximate surface area is 331 Å². The van der Waals surface area contributed by atoms with Crippen LogP contribution in [0.25, 0.3) is 16.5 Å². The number of ether oxygens (including phenoxy) is 3. The summed E-state index contributed by atoms with van der Waals surface area (Å²) in [6.07, 6.45) is 2.31. The van der Waals surface area contributed by atoms with E-state index in [1.807, 2.05) is 85.8 Å². The number of hydrogen-bond donors (Lipinski definition) is 5. The largest absolute Gasteiger partial charge is 0.492 e. The number of rotatable bonds is 13. The van der Waals surface area contributed by atoms with Gasteiger partial charge < -0.3 is 30.6 Å². The number of anilines is 5. The molecule has 14 nitrogen and oxygen atoms in total. The number of morpholine rings is 1. The maximum absolute atomic E-state index is 13.7. The van der Waals surface area contributed by atoms with Crippen molar-refractivity contribution < 1.29 is 19.0 Å². The Bertz CT molecular complexity index is 2370. The molecule has 1 aliphatic heterocycles. The van der Waals surface area contributed by atoms with Gasteiger partial charge in [0.1, 0.15) is 41.2 Å². The highest BCUT2D eigenvalue weighted by molar-refractivity contribution is 6.07. The first-order valence-corrected chi connectivity index (χ1v) is 19.0. The van der Waals surface area contributed by atoms with E-state index < -0.39 is 6.03 Å². The normalized spacial score (nSPS) is 13.3. The molecule has 0 saturated carbocycles. The number of nitrogens with two attached hydrogens (primary N) is 1. The van der Waals surface area contributed by atoms with E-state index in [0.717, 1.165) is 66.3 Å². The SMILES string of the molecule is CCc1c(Oc2ccc(NC(=O)Nc3cc(C(C)(C)C)nn3-c3ccc(OCCN4CCOCC4)cc3)c3ccccc23)ccnc1Nc1ccc(N)c(N=N)c1. The second-order valence-electron chi connectivity index (χ2n) is 14.7. The molecular weight excluding hydrogens is 721 g/mol. The van der Waals surface area contributed by atoms with Crippen LogP contribution >= 0.6 is 0 Å². The van der Waals surface area contributed by atoms with Gasteiger partial charge >= 0.3 is 6.03 Å². The highest BCUT2D eigenvalue weighted by atomic mass is 16.5. The van der Waals surface area contributed by atoms with Crippen molar-refractivity contribution in [2.75, 3.05) is 61.1 Å². The molecule has 0 atom stereocenters. The Morgan fingerprint density at radius 2 is 1.72 bits per heavy atom. The van der Waals surface area contributed by atoms with E-state index in [0.29, 0.717) is 58.9 Å². The molecule has 0 bridgehead atoms. The average molecular weight is 769 g/mol. The van der Waals surface area contributed by atoms with Crippen molar-refractivity contribution in [1.29, 1.82) is 5.53 Å². The molecule has 0 unspecified atom stereocenters. The molecule has 2 aromatic heterocycles. The summed E-state index contributed by atoms with van der Waals surface area (Å²) in [5.41, 5.74) is 17.7. The zero-order valence-corrected chi connectivity index (χ0v) is 32.6. The van der Waals surface area contributed by atoms with Gasteiger partial charge in [-0.2, -0.15) is 10.2 Å². The number of hydrogen-bond acceptors (Lipinski definition) is 11. The van der Waals surface area contributed by atoms with Crippen molar-refractivity contribution >= 4 is 51.2 Å². The van der Waals surface area contributed by atoms with E-state index in [4.69, 9.17) is 30.6 Å². The van der Waals surface area contributed by atoms with E-state index in [9.17, 15) is 4.79 Å². The predicted octanol–water partition coefficient (Wildman–Crippen LogP) is 9.42. The molecule has 3 heterocycles. The van der Waals surface area contributed by atoms with E-state index >= 15 is 0 Å². The van der Waals surface area contributed by atoms with Gasteiger partial charge in [0.05, 0.1) is 36.0 Å². The van der Waals surface area contributed by atoms with Gasteiger partial charge in [-0.05, 0) is 67.1 Å². The van der Waals surface area contributed by atoms with Crippen LogP contribution in [-0.2, 0) is 16.6 Å². The Kier molecular flexibility index (Phi) is 11.6. The van der Waals surface area contributed by atoms with Gasteiger partial charge in [-0.15, -0.1) is 0 Å². The molecule has 0 spiro atoms. The highest BCUT2D eigenvalue weighted by Gasteiger charge is 2.22. The Morgan fingerprint density at radius 1 is 0.947 bits per heavy atom. The van der Waals surface area contributed by atoms with Crippen molar-refractivity contribution in [2.45, 2.75) is 39.5 Å². The third kappa shape index (κ3) is 9.14. The number of nitrogens with one attached hydrogen (secondary N) is 4. The standard InChI is InChI=1S/C43H48N10O4/c1-5-31-38(18-19-46-41(31)47-28-10-15-34(44)36(26-28)50-45)57-37-17-16-35(32-8-6-7-9-33(32)37)48-42(54)49-40-27-39(43(2,3)4)51-53(40)29-11-13-30(14-12-29)56-25-22-52-20-23-55-24-21-52/h6-19,26-27,45H,5,20-25,44H2,1-4H3,(H,46,47)(H2,48,49,54). The summed E-state index contributed by atoms with van der Waals surface area (Å²) in [5, 5.41) is 19.4. The number of carbonyl (C=O) groups excluding carboxylic acids is 1. The average Bonchev–Trinajstić information content (AvgIpc) is 3.64. The molecule has 7 rings (SSSR count). The minimum absolute atomic E-state index is 0.256. The molecule has 0 radical (unpaired) electrons. The van der Waals surface area contributed by atoms with Crippen LogP contribution in [0.1, 0.15) is 39.0 Å². The summed E-state index contributed by atoms with van der Waals surface area (Å²) < 4.78 is 19.8. The van der Waals surface area contributed by atoms with E-state index in [1.165, 1.54) is 0 Å². The van der Waals surface area contributed by atoms with Crippen LogP contribution < -0.4 is 31.2 Å². The lowest BCUT2D eigenvalue weighted by Gasteiger charge is -2.26. The fourth-order valence-electron chi connectivity index (χ4n) is 6.57. The van der Waals surface area contributed by atoms with Gasteiger partial charge in [0.15, 0.2) is 0 Å². The lowest BCUT2D eigenvalue weighted by atomic mass is 9.92. The van der Waals surface area contributed by atoms with E-state index in [1.54, 1.807) is 23.0 Å². The number of nitrogen functional groups attached to an aromatic ring is 1. The van der Waals surface area contributed by atoms with Gasteiger partial charge in [0.25, 0.3) is 0 Å². The number of aromatic nitrogens is 3. The molecule has 294 valence electrons. The van der Waals surface area contributed by atoms with Crippen LogP contribution in [-0.4, -0.2) is 65.2 Å². The monoisotopic (exact) mass is 768 g/mol. The predicted molar refractivity (Wildman–Crippen MR) is 224 cm³/mol. The molecule has 0 aliphatic carbocycles. The molecule has 4 aromatic carbocycles. The van der Waals surface area contributed by atoms with Crippen LogP contribution in [0.3, 0.4) is 0 Å². The second kappa shape index (κ2) is 17.1. The Hall–Kier alpha value is -6.51. The zero-order chi connectivity index (χ0) is 39.9. The lowest BCUT2D eigenvalue weighted by Crippen LogP contribution is -2.38. The number of nitrogens with zero attached hydrogens (tertiary/aromatic N) is 5. The first-order chi connectivity index (χ1) is 27.6. The fourth-order valence-corrected chi connectivity index (χ4v) is 6.57. The summed E-state index contributed by atoms with van der Waals surface area (Å²) in [4.78, 5) is 20.6. The molecule has 57 heavy (non-hydrogen) atoms. The van der Waals surface area contributed by atoms with Crippen LogP contribution in [0.15, 0.2) is 102 Å². The van der Waals surface area contributed by atoms with Crippen molar-refractivity contribution in [2.24, 2.45) is 5.11 Å². The lowest BCUT2D eigenvalue weighted by molar-refractivity contribution is 0.0322. The molecule has 1 aliphatic rings. The summed E-state index contributed by atoms with van der Waals surface area (Å²) in [5.74, 6) is 3.17. The van der Waals surface area contributed by atoms with Gasteiger partial charge in [0, 0.05) is 59.3 Å². The first kappa shape index (κ1) is 38.8. The smallest absolute Gasteiger partial charge is 0.324 e. The number of amides is 2. The maximum atomic E-state index is 13.7. The number of fused-ring (bicyclic) bond motifs is 1. The second-order valence-corrected chi connectivity index (χ2v) is 14.7. The molecule has 2 amide bonds. The van der Waals surface area contributed by atoms with Crippen molar-refractivity contribution in [3.8, 4) is 22.9 Å². The molecular formula is C43H48N10O4. The van der Waals surface area contributed by atoms with Crippen LogP contribution in [0.4, 0.5) is 39.2 Å². The third-order valence-corrected chi connectivity index (χ3v) is 9.71. The quantitative estimate of drug-likeness (QED) is 0.0566. The topological polar surface area (TPSA) is 177 Å². The zero-order valence-electron chi connectivity index (χ0n) is 32.6. The van der Waals surface area contributed by atoms with Gasteiger partial charge in [0.2, 0.25) is 0 Å². The number of benzene rings is 4. The van der Waals surface area contributed by atoms with Gasteiger partial charge in [-0.3, -0.25) is 10.2 Å². The number of pyridine rings is 1. The van der Waals surface area contributed by atoms with Crippen LogP contribution in [0.5, 0.6) is 17.2 Å². The minimum atomic E-state index is -0.416. The van der Waals surface area contributed by atoms with E-state index in [2.05, 4.69) is 51.7 Å². The Morgan fingerprint density at radius 3 is 2.46 bits per heavy atom.